The molecule has 1 aromatic carbocycles. The Morgan fingerprint density at radius 2 is 2.00 bits per heavy atom. The smallest absolute Gasteiger partial charge is 0.136 e. The summed E-state index contributed by atoms with van der Waals surface area (Å²) in [5, 5.41) is 11.7. The van der Waals surface area contributed by atoms with Gasteiger partial charge in [0, 0.05) is 34.0 Å². The number of pyridine rings is 1. The quantitative estimate of drug-likeness (QED) is 0.925. The molecule has 3 nitrogen and oxygen atoms in total. The summed E-state index contributed by atoms with van der Waals surface area (Å²) >= 11 is 3.61. The number of nitrogens with zero attached hydrogens (tertiary/aromatic N) is 2. The van der Waals surface area contributed by atoms with E-state index in [0.717, 1.165) is 15.7 Å². The highest BCUT2D eigenvalue weighted by Gasteiger charge is 2.24. The third kappa shape index (κ3) is 2.54. The average Bonchev–Trinajstić information content (AvgIpc) is 2.99. The first-order valence-corrected chi connectivity index (χ1v) is 8.01. The monoisotopic (exact) mass is 334 g/mol. The van der Waals surface area contributed by atoms with Gasteiger partial charge >= 0.3 is 0 Å². The molecule has 1 aromatic heterocycles. The van der Waals surface area contributed by atoms with Gasteiger partial charge in [0.05, 0.1) is 6.61 Å². The first-order chi connectivity index (χ1) is 9.81. The first kappa shape index (κ1) is 13.8. The number of hydrogen-bond acceptors (Lipinski definition) is 3. The van der Waals surface area contributed by atoms with Crippen LogP contribution < -0.4 is 4.90 Å². The Morgan fingerprint density at radius 3 is 2.75 bits per heavy atom. The molecule has 0 amide bonds. The lowest BCUT2D eigenvalue weighted by Crippen LogP contribution is -2.36. The number of hydrogen-bond donors (Lipinski definition) is 1. The van der Waals surface area contributed by atoms with Gasteiger partial charge in [-0.25, -0.2) is 4.98 Å². The summed E-state index contributed by atoms with van der Waals surface area (Å²) in [6.07, 6.45) is 6.82. The molecule has 0 bridgehead atoms. The Kier molecular flexibility index (Phi) is 4.22. The predicted molar refractivity (Wildman–Crippen MR) is 86.1 cm³/mol. The maximum Gasteiger partial charge on any atom is 0.136 e. The minimum Gasteiger partial charge on any atom is -0.395 e. The zero-order chi connectivity index (χ0) is 13.9. The lowest BCUT2D eigenvalue weighted by Gasteiger charge is -2.30. The maximum atomic E-state index is 9.41. The second-order valence-corrected chi connectivity index (χ2v) is 6.18. The molecule has 0 saturated heterocycles. The van der Waals surface area contributed by atoms with E-state index < -0.39 is 0 Å². The molecule has 1 fully saturated rings. The van der Waals surface area contributed by atoms with Crippen molar-refractivity contribution in [1.82, 2.24) is 4.98 Å². The lowest BCUT2D eigenvalue weighted by atomic mass is 10.1. The third-order valence-corrected chi connectivity index (χ3v) is 4.80. The van der Waals surface area contributed by atoms with E-state index in [1.54, 1.807) is 0 Å². The van der Waals surface area contributed by atoms with Crippen molar-refractivity contribution < 1.29 is 5.11 Å². The minimum absolute atomic E-state index is 0.169. The fourth-order valence-electron chi connectivity index (χ4n) is 3.17. The van der Waals surface area contributed by atoms with Crippen molar-refractivity contribution in [2.75, 3.05) is 18.1 Å². The SMILES string of the molecule is OCCN(c1nccc2c(Br)cccc12)C1CCCC1. The van der Waals surface area contributed by atoms with E-state index in [9.17, 15) is 5.11 Å². The van der Waals surface area contributed by atoms with Crippen LogP contribution in [-0.2, 0) is 0 Å². The number of aromatic nitrogens is 1. The molecule has 1 saturated carbocycles. The van der Waals surface area contributed by atoms with Crippen molar-refractivity contribution in [1.29, 1.82) is 0 Å². The van der Waals surface area contributed by atoms with Gasteiger partial charge in [-0.1, -0.05) is 40.9 Å². The largest absolute Gasteiger partial charge is 0.395 e. The fourth-order valence-corrected chi connectivity index (χ4v) is 3.67. The van der Waals surface area contributed by atoms with Gasteiger partial charge in [-0.2, -0.15) is 0 Å². The zero-order valence-corrected chi connectivity index (χ0v) is 13.0. The lowest BCUT2D eigenvalue weighted by molar-refractivity contribution is 0.297. The van der Waals surface area contributed by atoms with Gasteiger partial charge in [0.25, 0.3) is 0 Å². The molecule has 0 atom stereocenters. The van der Waals surface area contributed by atoms with Crippen LogP contribution in [0, 0.1) is 0 Å². The Morgan fingerprint density at radius 1 is 1.20 bits per heavy atom. The Hall–Kier alpha value is -1.13. The van der Waals surface area contributed by atoms with Gasteiger partial charge in [-0.15, -0.1) is 0 Å². The van der Waals surface area contributed by atoms with E-state index in [4.69, 9.17) is 0 Å². The van der Waals surface area contributed by atoms with Gasteiger partial charge < -0.3 is 10.0 Å². The molecule has 1 N–H and O–H groups in total. The first-order valence-electron chi connectivity index (χ1n) is 7.22. The summed E-state index contributed by atoms with van der Waals surface area (Å²) in [5.41, 5.74) is 0. The summed E-state index contributed by atoms with van der Waals surface area (Å²) in [6, 6.07) is 8.76. The average molecular weight is 335 g/mol. The van der Waals surface area contributed by atoms with E-state index >= 15 is 0 Å². The molecule has 20 heavy (non-hydrogen) atoms. The molecule has 3 rings (SSSR count). The van der Waals surface area contributed by atoms with E-state index in [0.29, 0.717) is 12.6 Å². The molecule has 0 radical (unpaired) electrons. The second-order valence-electron chi connectivity index (χ2n) is 5.32. The number of halogens is 1. The van der Waals surface area contributed by atoms with E-state index in [1.807, 2.05) is 18.3 Å². The zero-order valence-electron chi connectivity index (χ0n) is 11.4. The number of benzene rings is 1. The number of aliphatic hydroxyl groups excluding tert-OH is 1. The third-order valence-electron chi connectivity index (χ3n) is 4.11. The molecule has 1 aliphatic rings. The number of fused-ring (bicyclic) bond motifs is 1. The Bertz CT molecular complexity index is 596. The van der Waals surface area contributed by atoms with Gasteiger partial charge in [0.1, 0.15) is 5.82 Å². The van der Waals surface area contributed by atoms with Crippen molar-refractivity contribution in [2.24, 2.45) is 0 Å². The van der Waals surface area contributed by atoms with Crippen molar-refractivity contribution in [3.63, 3.8) is 0 Å². The molecule has 106 valence electrons. The van der Waals surface area contributed by atoms with Crippen LogP contribution in [0.1, 0.15) is 25.7 Å². The highest BCUT2D eigenvalue weighted by atomic mass is 79.9. The minimum atomic E-state index is 0.169. The van der Waals surface area contributed by atoms with Crippen molar-refractivity contribution in [2.45, 2.75) is 31.7 Å². The fraction of sp³-hybridized carbons (Fsp3) is 0.438. The molecular weight excluding hydrogens is 316 g/mol. The summed E-state index contributed by atoms with van der Waals surface area (Å²) in [7, 11) is 0. The number of aliphatic hydroxyl groups is 1. The molecule has 0 unspecified atom stereocenters. The summed E-state index contributed by atoms with van der Waals surface area (Å²) in [4.78, 5) is 6.90. The predicted octanol–water partition coefficient (Wildman–Crippen LogP) is 3.74. The molecule has 0 aliphatic heterocycles. The van der Waals surface area contributed by atoms with Crippen LogP contribution >= 0.6 is 15.9 Å². The highest BCUT2D eigenvalue weighted by molar-refractivity contribution is 9.10. The number of anilines is 1. The van der Waals surface area contributed by atoms with Gasteiger partial charge in [0.15, 0.2) is 0 Å². The molecule has 2 aromatic rings. The van der Waals surface area contributed by atoms with E-state index in [2.05, 4.69) is 37.9 Å². The van der Waals surface area contributed by atoms with Crippen molar-refractivity contribution in [3.8, 4) is 0 Å². The van der Waals surface area contributed by atoms with Gasteiger partial charge in [-0.3, -0.25) is 0 Å². The van der Waals surface area contributed by atoms with Crippen LogP contribution in [-0.4, -0.2) is 29.3 Å². The van der Waals surface area contributed by atoms with Crippen LogP contribution in [0.3, 0.4) is 0 Å². The highest BCUT2D eigenvalue weighted by Crippen LogP contribution is 2.33. The van der Waals surface area contributed by atoms with Crippen LogP contribution in [0.25, 0.3) is 10.8 Å². The van der Waals surface area contributed by atoms with Crippen molar-refractivity contribution in [3.05, 3.63) is 34.9 Å². The van der Waals surface area contributed by atoms with Gasteiger partial charge in [-0.05, 0) is 25.0 Å². The van der Waals surface area contributed by atoms with Gasteiger partial charge in [0.2, 0.25) is 0 Å². The molecule has 0 spiro atoms. The normalized spacial score (nSPS) is 15.9. The van der Waals surface area contributed by atoms with E-state index in [-0.39, 0.29) is 6.61 Å². The molecule has 4 heteroatoms. The number of rotatable bonds is 4. The molecular formula is C16H19BrN2O. The second kappa shape index (κ2) is 6.10. The van der Waals surface area contributed by atoms with Crippen LogP contribution in [0.15, 0.2) is 34.9 Å². The Labute approximate surface area is 127 Å². The molecule has 1 aliphatic carbocycles. The summed E-state index contributed by atoms with van der Waals surface area (Å²) in [6.45, 7) is 0.825. The summed E-state index contributed by atoms with van der Waals surface area (Å²) in [5.74, 6) is 1.00. The topological polar surface area (TPSA) is 36.4 Å². The van der Waals surface area contributed by atoms with Crippen LogP contribution in [0.5, 0.6) is 0 Å². The van der Waals surface area contributed by atoms with Crippen molar-refractivity contribution >= 4 is 32.5 Å². The van der Waals surface area contributed by atoms with Crippen LogP contribution in [0.4, 0.5) is 5.82 Å². The Balaban J connectivity index is 2.08. The van der Waals surface area contributed by atoms with Crippen LogP contribution in [0.2, 0.25) is 0 Å². The summed E-state index contributed by atoms with van der Waals surface area (Å²) < 4.78 is 1.09. The van der Waals surface area contributed by atoms with E-state index in [1.165, 1.54) is 31.1 Å². The maximum absolute atomic E-state index is 9.41. The molecule has 1 heterocycles. The standard InChI is InChI=1S/C16H19BrN2O/c17-15-7-3-6-14-13(15)8-9-18-16(14)19(10-11-20)12-4-1-2-5-12/h3,6-9,12,20H,1-2,4-5,10-11H2.